The van der Waals surface area contributed by atoms with E-state index in [-0.39, 0.29) is 6.04 Å². The molecule has 1 heterocycles. The van der Waals surface area contributed by atoms with E-state index >= 15 is 0 Å². The van der Waals surface area contributed by atoms with E-state index in [1.54, 1.807) is 11.3 Å². The molecule has 2 rings (SSSR count). The van der Waals surface area contributed by atoms with Crippen molar-refractivity contribution in [3.8, 4) is 0 Å². The lowest BCUT2D eigenvalue weighted by atomic mass is 10.1. The predicted octanol–water partition coefficient (Wildman–Crippen LogP) is 2.11. The second kappa shape index (κ2) is 6.64. The maximum atomic E-state index is 6.11. The summed E-state index contributed by atoms with van der Waals surface area (Å²) >= 11 is 1.69. The summed E-state index contributed by atoms with van der Waals surface area (Å²) in [7, 11) is 0. The van der Waals surface area contributed by atoms with Gasteiger partial charge in [0.2, 0.25) is 0 Å². The average molecular weight is 261 g/mol. The van der Waals surface area contributed by atoms with Crippen LogP contribution in [0.25, 0.3) is 0 Å². The molecular weight excluding hydrogens is 242 g/mol. The van der Waals surface area contributed by atoms with Gasteiger partial charge in [-0.2, -0.15) is 0 Å². The third-order valence-electron chi connectivity index (χ3n) is 2.88. The molecule has 0 aliphatic heterocycles. The van der Waals surface area contributed by atoms with Crippen molar-refractivity contribution in [3.05, 3.63) is 52.0 Å². The van der Waals surface area contributed by atoms with Crippen molar-refractivity contribution in [2.24, 2.45) is 5.73 Å². The van der Waals surface area contributed by atoms with Crippen LogP contribution < -0.4 is 11.1 Å². The first kappa shape index (κ1) is 13.2. The second-order valence-electron chi connectivity index (χ2n) is 4.44. The maximum absolute atomic E-state index is 6.11. The number of aromatic nitrogens is 1. The Hall–Kier alpha value is -1.23. The third-order valence-corrected chi connectivity index (χ3v) is 3.81. The van der Waals surface area contributed by atoms with E-state index in [2.05, 4.69) is 34.6 Å². The summed E-state index contributed by atoms with van der Waals surface area (Å²) in [6, 6.07) is 10.5. The monoisotopic (exact) mass is 261 g/mol. The van der Waals surface area contributed by atoms with Crippen molar-refractivity contribution < 1.29 is 0 Å². The number of nitrogens with two attached hydrogens (primary N) is 1. The van der Waals surface area contributed by atoms with Crippen molar-refractivity contribution in [3.63, 3.8) is 0 Å². The Bertz CT molecular complexity index is 467. The zero-order chi connectivity index (χ0) is 12.8. The molecule has 1 aromatic carbocycles. The molecule has 3 nitrogen and oxygen atoms in total. The van der Waals surface area contributed by atoms with Crippen LogP contribution in [0.2, 0.25) is 0 Å². The molecule has 1 atom stereocenters. The SMILES string of the molecule is Cc1ncsc1CNCC(N)Cc1ccccc1. The van der Waals surface area contributed by atoms with Crippen LogP contribution >= 0.6 is 11.3 Å². The van der Waals surface area contributed by atoms with E-state index in [1.165, 1.54) is 10.4 Å². The summed E-state index contributed by atoms with van der Waals surface area (Å²) in [6.07, 6.45) is 0.912. The van der Waals surface area contributed by atoms with Gasteiger partial charge in [-0.3, -0.25) is 0 Å². The molecule has 1 unspecified atom stereocenters. The van der Waals surface area contributed by atoms with Crippen LogP contribution in [0.3, 0.4) is 0 Å². The van der Waals surface area contributed by atoms with E-state index in [0.717, 1.165) is 25.2 Å². The molecule has 0 aliphatic rings. The van der Waals surface area contributed by atoms with Crippen molar-refractivity contribution >= 4 is 11.3 Å². The van der Waals surface area contributed by atoms with Gasteiger partial charge in [0.25, 0.3) is 0 Å². The Balaban J connectivity index is 1.72. The molecule has 0 amide bonds. The molecule has 3 N–H and O–H groups in total. The zero-order valence-electron chi connectivity index (χ0n) is 10.6. The molecule has 1 aromatic heterocycles. The highest BCUT2D eigenvalue weighted by atomic mass is 32.1. The molecule has 2 aromatic rings. The Kier molecular flexibility index (Phi) is 4.87. The van der Waals surface area contributed by atoms with E-state index in [4.69, 9.17) is 5.73 Å². The van der Waals surface area contributed by atoms with Gasteiger partial charge in [-0.05, 0) is 18.9 Å². The molecule has 0 bridgehead atoms. The van der Waals surface area contributed by atoms with Crippen LogP contribution in [0.1, 0.15) is 16.1 Å². The first-order chi connectivity index (χ1) is 8.75. The highest BCUT2D eigenvalue weighted by molar-refractivity contribution is 7.09. The zero-order valence-corrected chi connectivity index (χ0v) is 11.4. The fourth-order valence-electron chi connectivity index (χ4n) is 1.86. The molecule has 0 saturated carbocycles. The smallest absolute Gasteiger partial charge is 0.0798 e. The van der Waals surface area contributed by atoms with Gasteiger partial charge in [0.05, 0.1) is 11.2 Å². The van der Waals surface area contributed by atoms with Crippen LogP contribution in [-0.4, -0.2) is 17.6 Å². The molecule has 18 heavy (non-hydrogen) atoms. The van der Waals surface area contributed by atoms with Gasteiger partial charge < -0.3 is 11.1 Å². The number of aryl methyl sites for hydroxylation is 1. The second-order valence-corrected chi connectivity index (χ2v) is 5.38. The molecule has 0 aliphatic carbocycles. The lowest BCUT2D eigenvalue weighted by Crippen LogP contribution is -2.35. The van der Waals surface area contributed by atoms with Gasteiger partial charge in [0, 0.05) is 24.0 Å². The Labute approximate surface area is 112 Å². The summed E-state index contributed by atoms with van der Waals surface area (Å²) in [5.41, 5.74) is 10.4. The summed E-state index contributed by atoms with van der Waals surface area (Å²) in [4.78, 5) is 5.52. The average Bonchev–Trinajstić information content (AvgIpc) is 2.76. The van der Waals surface area contributed by atoms with Gasteiger partial charge in [0.1, 0.15) is 0 Å². The van der Waals surface area contributed by atoms with Gasteiger partial charge in [-0.1, -0.05) is 30.3 Å². The fraction of sp³-hybridized carbons (Fsp3) is 0.357. The third kappa shape index (κ3) is 3.91. The summed E-state index contributed by atoms with van der Waals surface area (Å²) in [6.45, 7) is 3.72. The summed E-state index contributed by atoms with van der Waals surface area (Å²) in [5.74, 6) is 0. The van der Waals surface area contributed by atoms with Gasteiger partial charge in [-0.15, -0.1) is 11.3 Å². The summed E-state index contributed by atoms with van der Waals surface area (Å²) in [5, 5.41) is 3.39. The minimum Gasteiger partial charge on any atom is -0.326 e. The quantitative estimate of drug-likeness (QED) is 0.837. The van der Waals surface area contributed by atoms with Gasteiger partial charge in [-0.25, -0.2) is 4.98 Å². The highest BCUT2D eigenvalue weighted by Crippen LogP contribution is 2.11. The van der Waals surface area contributed by atoms with E-state index in [9.17, 15) is 0 Å². The van der Waals surface area contributed by atoms with Gasteiger partial charge >= 0.3 is 0 Å². The topological polar surface area (TPSA) is 50.9 Å². The number of hydrogen-bond donors (Lipinski definition) is 2. The molecule has 4 heteroatoms. The van der Waals surface area contributed by atoms with Crippen molar-refractivity contribution in [2.75, 3.05) is 6.54 Å². The highest BCUT2D eigenvalue weighted by Gasteiger charge is 2.05. The van der Waals surface area contributed by atoms with Crippen LogP contribution in [0.4, 0.5) is 0 Å². The fourth-order valence-corrected chi connectivity index (χ4v) is 2.60. The molecular formula is C14H19N3S. The maximum Gasteiger partial charge on any atom is 0.0798 e. The Morgan fingerprint density at radius 3 is 2.78 bits per heavy atom. The Morgan fingerprint density at radius 1 is 1.33 bits per heavy atom. The first-order valence-electron chi connectivity index (χ1n) is 6.15. The number of benzene rings is 1. The van der Waals surface area contributed by atoms with Crippen LogP contribution in [-0.2, 0) is 13.0 Å². The molecule has 0 spiro atoms. The predicted molar refractivity (Wildman–Crippen MR) is 76.7 cm³/mol. The van der Waals surface area contributed by atoms with Crippen molar-refractivity contribution in [1.29, 1.82) is 0 Å². The van der Waals surface area contributed by atoms with Crippen LogP contribution in [0.5, 0.6) is 0 Å². The number of hydrogen-bond acceptors (Lipinski definition) is 4. The van der Waals surface area contributed by atoms with Crippen molar-refractivity contribution in [1.82, 2.24) is 10.3 Å². The standard InChI is InChI=1S/C14H19N3S/c1-11-14(18-10-17-11)9-16-8-13(15)7-12-5-3-2-4-6-12/h2-6,10,13,16H,7-9,15H2,1H3. The number of nitrogens with one attached hydrogen (secondary N) is 1. The van der Waals surface area contributed by atoms with E-state index in [1.807, 2.05) is 18.5 Å². The van der Waals surface area contributed by atoms with E-state index < -0.39 is 0 Å². The number of thiazole rings is 1. The molecule has 0 saturated heterocycles. The number of nitrogens with zero attached hydrogens (tertiary/aromatic N) is 1. The van der Waals surface area contributed by atoms with Crippen LogP contribution in [0, 0.1) is 6.92 Å². The molecule has 0 radical (unpaired) electrons. The van der Waals surface area contributed by atoms with E-state index in [0.29, 0.717) is 0 Å². The largest absolute Gasteiger partial charge is 0.326 e. The Morgan fingerprint density at radius 2 is 2.11 bits per heavy atom. The lowest BCUT2D eigenvalue weighted by molar-refractivity contribution is 0.575. The van der Waals surface area contributed by atoms with Crippen LogP contribution in [0.15, 0.2) is 35.8 Å². The lowest BCUT2D eigenvalue weighted by Gasteiger charge is -2.12. The molecule has 96 valence electrons. The normalized spacial score (nSPS) is 12.6. The minimum atomic E-state index is 0.153. The first-order valence-corrected chi connectivity index (χ1v) is 7.03. The molecule has 0 fully saturated rings. The van der Waals surface area contributed by atoms with Gasteiger partial charge in [0.15, 0.2) is 0 Å². The summed E-state index contributed by atoms with van der Waals surface area (Å²) < 4.78 is 0. The minimum absolute atomic E-state index is 0.153. The number of rotatable bonds is 6. The van der Waals surface area contributed by atoms with Crippen molar-refractivity contribution in [2.45, 2.75) is 25.9 Å².